The Kier molecular flexibility index (Phi) is 3.12. The minimum Gasteiger partial charge on any atom is -0.477 e. The van der Waals surface area contributed by atoms with Crippen LogP contribution in [0.3, 0.4) is 0 Å². The van der Waals surface area contributed by atoms with Crippen LogP contribution in [0.15, 0.2) is 12.5 Å². The molecule has 3 rings (SSSR count). The zero-order valence-electron chi connectivity index (χ0n) is 11.0. The number of H-pyrrole nitrogens is 1. The van der Waals surface area contributed by atoms with Gasteiger partial charge in [-0.2, -0.15) is 0 Å². The van der Waals surface area contributed by atoms with Crippen LogP contribution in [0.2, 0.25) is 0 Å². The van der Waals surface area contributed by atoms with Crippen LogP contribution in [0.25, 0.3) is 0 Å². The average molecular weight is 291 g/mol. The molecule has 0 spiro atoms. The van der Waals surface area contributed by atoms with Crippen LogP contribution in [-0.4, -0.2) is 47.2 Å². The number of nitrogens with zero attached hydrogens (tertiary/aromatic N) is 5. The summed E-state index contributed by atoms with van der Waals surface area (Å²) in [6, 6.07) is 0. The van der Waals surface area contributed by atoms with E-state index in [1.807, 2.05) is 0 Å². The molecule has 1 amide bonds. The lowest BCUT2D eigenvalue weighted by Gasteiger charge is -2.40. The molecule has 21 heavy (non-hydrogen) atoms. The molecule has 1 fully saturated rings. The minimum atomic E-state index is -1.08. The van der Waals surface area contributed by atoms with E-state index in [0.717, 1.165) is 6.42 Å². The molecule has 2 aromatic heterocycles. The number of imidazole rings is 1. The van der Waals surface area contributed by atoms with Crippen molar-refractivity contribution in [2.24, 2.45) is 0 Å². The maximum absolute atomic E-state index is 12.0. The maximum Gasteiger partial charge on any atom is 0.353 e. The second kappa shape index (κ2) is 4.96. The van der Waals surface area contributed by atoms with Gasteiger partial charge in [0, 0.05) is 0 Å². The van der Waals surface area contributed by atoms with Gasteiger partial charge in [-0.1, -0.05) is 0 Å². The van der Waals surface area contributed by atoms with E-state index in [1.54, 1.807) is 0 Å². The summed E-state index contributed by atoms with van der Waals surface area (Å²) in [6.07, 6.45) is 4.96. The Balaban J connectivity index is 1.73. The average Bonchev–Trinajstić information content (AvgIpc) is 3.04. The third-order valence-corrected chi connectivity index (χ3v) is 3.54. The van der Waals surface area contributed by atoms with Gasteiger partial charge in [-0.25, -0.2) is 14.5 Å². The van der Waals surface area contributed by atoms with Gasteiger partial charge < -0.3 is 15.4 Å². The van der Waals surface area contributed by atoms with Gasteiger partial charge in [-0.05, 0) is 29.7 Å². The molecule has 1 saturated carbocycles. The number of aromatic amines is 1. The Morgan fingerprint density at radius 2 is 2.29 bits per heavy atom. The smallest absolute Gasteiger partial charge is 0.353 e. The summed E-state index contributed by atoms with van der Waals surface area (Å²) in [7, 11) is 0. The van der Waals surface area contributed by atoms with Gasteiger partial charge >= 0.3 is 5.97 Å². The van der Waals surface area contributed by atoms with Crippen LogP contribution in [0, 0.1) is 0 Å². The first-order chi connectivity index (χ1) is 10.1. The largest absolute Gasteiger partial charge is 0.477 e. The number of aromatic nitrogens is 6. The van der Waals surface area contributed by atoms with Crippen molar-refractivity contribution in [3.63, 3.8) is 0 Å². The molecule has 0 unspecified atom stereocenters. The summed E-state index contributed by atoms with van der Waals surface area (Å²) >= 11 is 0. The van der Waals surface area contributed by atoms with Crippen molar-refractivity contribution >= 4 is 11.9 Å². The fourth-order valence-electron chi connectivity index (χ4n) is 2.33. The van der Waals surface area contributed by atoms with Crippen LogP contribution in [0.5, 0.6) is 0 Å². The molecule has 0 saturated heterocycles. The van der Waals surface area contributed by atoms with Crippen molar-refractivity contribution < 1.29 is 14.7 Å². The number of rotatable bonds is 5. The highest BCUT2D eigenvalue weighted by molar-refractivity contribution is 5.85. The molecule has 10 nitrogen and oxygen atoms in total. The fourth-order valence-corrected chi connectivity index (χ4v) is 2.33. The van der Waals surface area contributed by atoms with Crippen LogP contribution >= 0.6 is 0 Å². The van der Waals surface area contributed by atoms with Crippen molar-refractivity contribution in [1.29, 1.82) is 0 Å². The number of carbonyl (C=O) groups excluding carboxylic acids is 1. The summed E-state index contributed by atoms with van der Waals surface area (Å²) in [6.45, 7) is 0.00124. The van der Waals surface area contributed by atoms with E-state index >= 15 is 0 Å². The molecule has 0 atom stereocenters. The Bertz CT molecular complexity index is 659. The Morgan fingerprint density at radius 1 is 1.48 bits per heavy atom. The molecule has 10 heteroatoms. The maximum atomic E-state index is 12.0. The van der Waals surface area contributed by atoms with E-state index in [2.05, 4.69) is 30.8 Å². The number of tetrazole rings is 1. The van der Waals surface area contributed by atoms with E-state index in [-0.39, 0.29) is 18.1 Å². The Labute approximate surface area is 118 Å². The standard InChI is InChI=1S/C11H13N7O3/c19-8(5-18-6-13-16-17-18)15-11(2-1-3-11)10-12-4-7(14-10)9(20)21/h4,6H,1-3,5H2,(H,12,14)(H,15,19)(H,20,21). The lowest BCUT2D eigenvalue weighted by molar-refractivity contribution is -0.125. The first kappa shape index (κ1) is 13.2. The van der Waals surface area contributed by atoms with Gasteiger partial charge in [0.1, 0.15) is 24.4 Å². The number of nitrogens with one attached hydrogen (secondary N) is 2. The van der Waals surface area contributed by atoms with Crippen molar-refractivity contribution in [1.82, 2.24) is 35.5 Å². The predicted octanol–water partition coefficient (Wildman–Crippen LogP) is -0.710. The monoisotopic (exact) mass is 291 g/mol. The summed E-state index contributed by atoms with van der Waals surface area (Å²) in [4.78, 5) is 29.8. The molecule has 1 aliphatic rings. The first-order valence-electron chi connectivity index (χ1n) is 6.40. The van der Waals surface area contributed by atoms with Crippen molar-refractivity contribution in [3.05, 3.63) is 24.0 Å². The third kappa shape index (κ3) is 2.47. The van der Waals surface area contributed by atoms with Crippen LogP contribution in [-0.2, 0) is 16.9 Å². The lowest BCUT2D eigenvalue weighted by atomic mass is 9.76. The van der Waals surface area contributed by atoms with Gasteiger partial charge in [0.2, 0.25) is 5.91 Å². The second-order valence-corrected chi connectivity index (χ2v) is 4.94. The molecule has 2 aromatic rings. The van der Waals surface area contributed by atoms with Crippen LogP contribution in [0.1, 0.15) is 35.6 Å². The van der Waals surface area contributed by atoms with Gasteiger partial charge in [-0.3, -0.25) is 4.79 Å². The minimum absolute atomic E-state index is 0.00124. The zero-order valence-corrected chi connectivity index (χ0v) is 11.0. The van der Waals surface area contributed by atoms with Gasteiger partial charge in [-0.15, -0.1) is 5.10 Å². The number of carboxylic acid groups (broad SMARTS) is 1. The molecular weight excluding hydrogens is 278 g/mol. The molecule has 0 radical (unpaired) electrons. The molecule has 110 valence electrons. The molecule has 1 aliphatic carbocycles. The van der Waals surface area contributed by atoms with Crippen LogP contribution in [0.4, 0.5) is 0 Å². The third-order valence-electron chi connectivity index (χ3n) is 3.54. The highest BCUT2D eigenvalue weighted by atomic mass is 16.4. The fraction of sp³-hybridized carbons (Fsp3) is 0.455. The van der Waals surface area contributed by atoms with E-state index < -0.39 is 11.5 Å². The summed E-state index contributed by atoms with van der Waals surface area (Å²) < 4.78 is 1.31. The highest BCUT2D eigenvalue weighted by Crippen LogP contribution is 2.39. The SMILES string of the molecule is O=C(Cn1cnnn1)NC1(c2ncc(C(=O)O)[nH]2)CCC1. The van der Waals surface area contributed by atoms with E-state index in [1.165, 1.54) is 17.2 Å². The second-order valence-electron chi connectivity index (χ2n) is 4.94. The lowest BCUT2D eigenvalue weighted by Crippen LogP contribution is -2.52. The van der Waals surface area contributed by atoms with E-state index in [0.29, 0.717) is 18.7 Å². The molecule has 2 heterocycles. The molecule has 0 bridgehead atoms. The van der Waals surface area contributed by atoms with Crippen molar-refractivity contribution in [3.8, 4) is 0 Å². The molecule has 0 aromatic carbocycles. The summed E-state index contributed by atoms with van der Waals surface area (Å²) in [5.41, 5.74) is -0.621. The van der Waals surface area contributed by atoms with Crippen LogP contribution < -0.4 is 5.32 Å². The van der Waals surface area contributed by atoms with Gasteiger partial charge in [0.05, 0.1) is 11.7 Å². The van der Waals surface area contributed by atoms with Crippen molar-refractivity contribution in [2.75, 3.05) is 0 Å². The van der Waals surface area contributed by atoms with Crippen molar-refractivity contribution in [2.45, 2.75) is 31.3 Å². The molecular formula is C11H13N7O3. The van der Waals surface area contributed by atoms with E-state index in [9.17, 15) is 9.59 Å². The number of hydrogen-bond donors (Lipinski definition) is 3. The normalized spacial score (nSPS) is 16.2. The topological polar surface area (TPSA) is 139 Å². The first-order valence-corrected chi connectivity index (χ1v) is 6.40. The predicted molar refractivity (Wildman–Crippen MR) is 67.0 cm³/mol. The van der Waals surface area contributed by atoms with Gasteiger partial charge in [0.15, 0.2) is 0 Å². The van der Waals surface area contributed by atoms with E-state index in [4.69, 9.17) is 5.11 Å². The molecule has 3 N–H and O–H groups in total. The summed E-state index contributed by atoms with van der Waals surface area (Å²) in [5.74, 6) is -0.866. The number of aromatic carboxylic acids is 1. The Morgan fingerprint density at radius 3 is 2.81 bits per heavy atom. The molecule has 0 aliphatic heterocycles. The highest BCUT2D eigenvalue weighted by Gasteiger charge is 2.42. The summed E-state index contributed by atoms with van der Waals surface area (Å²) in [5, 5.41) is 22.4. The number of carbonyl (C=O) groups is 2. The van der Waals surface area contributed by atoms with Gasteiger partial charge in [0.25, 0.3) is 0 Å². The number of hydrogen-bond acceptors (Lipinski definition) is 6. The zero-order chi connectivity index (χ0) is 14.9. The Hall–Kier alpha value is -2.78. The quantitative estimate of drug-likeness (QED) is 0.661. The number of amides is 1. The number of carboxylic acids is 1.